The van der Waals surface area contributed by atoms with Crippen molar-refractivity contribution in [3.05, 3.63) is 68.7 Å². The van der Waals surface area contributed by atoms with Crippen molar-refractivity contribution in [2.24, 2.45) is 0 Å². The van der Waals surface area contributed by atoms with Gasteiger partial charge < -0.3 is 0 Å². The van der Waals surface area contributed by atoms with Crippen LogP contribution in [0.25, 0.3) is 0 Å². The molecular weight excluding hydrogens is 398 g/mol. The van der Waals surface area contributed by atoms with E-state index in [0.29, 0.717) is 6.42 Å². The fourth-order valence-corrected chi connectivity index (χ4v) is 3.55. The van der Waals surface area contributed by atoms with E-state index in [1.165, 1.54) is 0 Å². The van der Waals surface area contributed by atoms with Crippen molar-refractivity contribution in [2.75, 3.05) is 0 Å². The highest BCUT2D eigenvalue weighted by atomic mass is 79.9. The Labute approximate surface area is 142 Å². The van der Waals surface area contributed by atoms with Crippen molar-refractivity contribution in [3.63, 3.8) is 0 Å². The third kappa shape index (κ3) is 3.31. The number of benzene rings is 2. The molecule has 3 rings (SSSR count). The zero-order chi connectivity index (χ0) is 17.7. The van der Waals surface area contributed by atoms with Gasteiger partial charge in [0.15, 0.2) is 0 Å². The second-order valence-electron chi connectivity index (χ2n) is 5.83. The van der Waals surface area contributed by atoms with Crippen LogP contribution in [0.1, 0.15) is 33.7 Å². The van der Waals surface area contributed by atoms with Gasteiger partial charge >= 0.3 is 12.4 Å². The minimum atomic E-state index is -4.81. The number of hydrogen-bond acceptors (Lipinski definition) is 0. The molecule has 0 saturated heterocycles. The van der Waals surface area contributed by atoms with Crippen LogP contribution in [0, 0.1) is 0 Å². The van der Waals surface area contributed by atoms with Crippen LogP contribution in [0.3, 0.4) is 0 Å². The quantitative estimate of drug-likeness (QED) is 0.506. The van der Waals surface area contributed by atoms with Gasteiger partial charge in [0.25, 0.3) is 0 Å². The van der Waals surface area contributed by atoms with E-state index in [0.717, 1.165) is 27.7 Å². The number of alkyl halides is 6. The monoisotopic (exact) mass is 408 g/mol. The van der Waals surface area contributed by atoms with Crippen LogP contribution in [-0.2, 0) is 25.2 Å². The van der Waals surface area contributed by atoms with Gasteiger partial charge in [-0.2, -0.15) is 26.3 Å². The van der Waals surface area contributed by atoms with Crippen molar-refractivity contribution in [3.8, 4) is 0 Å². The Bertz CT molecular complexity index is 743. The maximum Gasteiger partial charge on any atom is 0.416 e. The third-order valence-corrected chi connectivity index (χ3v) is 4.92. The van der Waals surface area contributed by atoms with E-state index in [2.05, 4.69) is 15.9 Å². The molecule has 1 aliphatic rings. The number of hydrogen-bond donors (Lipinski definition) is 0. The largest absolute Gasteiger partial charge is 0.416 e. The Morgan fingerprint density at radius 3 is 2.04 bits per heavy atom. The van der Waals surface area contributed by atoms with Gasteiger partial charge in [-0.3, -0.25) is 0 Å². The average Bonchev–Trinajstić information content (AvgIpc) is 2.44. The molecule has 0 aromatic heterocycles. The van der Waals surface area contributed by atoms with Gasteiger partial charge in [-0.25, -0.2) is 0 Å². The summed E-state index contributed by atoms with van der Waals surface area (Å²) in [5.74, 6) is -0.0675. The molecule has 0 N–H and O–H groups in total. The van der Waals surface area contributed by atoms with E-state index in [1.54, 1.807) is 0 Å². The Balaban J connectivity index is 1.94. The molecule has 0 amide bonds. The number of fused-ring (bicyclic) bond motifs is 1. The second kappa shape index (κ2) is 5.79. The average molecular weight is 409 g/mol. The van der Waals surface area contributed by atoms with Crippen molar-refractivity contribution >= 4 is 15.9 Å². The first-order valence-electron chi connectivity index (χ1n) is 7.11. The van der Waals surface area contributed by atoms with Crippen LogP contribution in [0.2, 0.25) is 0 Å². The van der Waals surface area contributed by atoms with E-state index in [1.807, 2.05) is 18.2 Å². The molecule has 0 heterocycles. The van der Waals surface area contributed by atoms with Gasteiger partial charge in [0.05, 0.1) is 11.1 Å². The summed E-state index contributed by atoms with van der Waals surface area (Å²) in [6.07, 6.45) is -8.84. The lowest BCUT2D eigenvalue weighted by atomic mass is 9.74. The van der Waals surface area contributed by atoms with Crippen LogP contribution in [0.4, 0.5) is 26.3 Å². The van der Waals surface area contributed by atoms with Gasteiger partial charge in [-0.15, -0.1) is 0 Å². The van der Waals surface area contributed by atoms with Crippen LogP contribution in [0.15, 0.2) is 40.9 Å². The smallest absolute Gasteiger partial charge is 0.166 e. The van der Waals surface area contributed by atoms with Crippen molar-refractivity contribution in [1.29, 1.82) is 0 Å². The van der Waals surface area contributed by atoms with Gasteiger partial charge in [0.1, 0.15) is 0 Å². The molecule has 0 aliphatic heterocycles. The highest BCUT2D eigenvalue weighted by Gasteiger charge is 2.37. The summed E-state index contributed by atoms with van der Waals surface area (Å²) < 4.78 is 78.2. The molecular formula is C17H11BrF6. The van der Waals surface area contributed by atoms with E-state index in [4.69, 9.17) is 0 Å². The molecule has 0 radical (unpaired) electrons. The molecule has 1 aliphatic carbocycles. The molecule has 2 aromatic rings. The summed E-state index contributed by atoms with van der Waals surface area (Å²) >= 11 is 3.39. The molecule has 0 nitrogen and oxygen atoms in total. The summed E-state index contributed by atoms with van der Waals surface area (Å²) in [6.45, 7) is 0. The van der Waals surface area contributed by atoms with Crippen molar-refractivity contribution in [2.45, 2.75) is 31.1 Å². The predicted molar refractivity (Wildman–Crippen MR) is 80.7 cm³/mol. The van der Waals surface area contributed by atoms with Crippen LogP contribution in [0.5, 0.6) is 0 Å². The SMILES string of the molecule is FC(F)(F)c1cc(CC2Cc3c(Br)cccc32)cc(C(F)(F)F)c1. The Morgan fingerprint density at radius 2 is 1.50 bits per heavy atom. The summed E-state index contributed by atoms with van der Waals surface area (Å²) in [6, 6.07) is 7.31. The molecule has 0 saturated carbocycles. The standard InChI is InChI=1S/C17H11BrF6/c18-15-3-1-2-13-10(7-14(13)15)4-9-5-11(16(19,20)21)8-12(6-9)17(22,23)24/h1-3,5-6,8,10H,4,7H2. The first kappa shape index (κ1) is 17.3. The minimum Gasteiger partial charge on any atom is -0.166 e. The predicted octanol–water partition coefficient (Wildman–Crippen LogP) is 6.37. The van der Waals surface area contributed by atoms with Crippen LogP contribution < -0.4 is 0 Å². The summed E-state index contributed by atoms with van der Waals surface area (Å²) in [5, 5.41) is 0. The lowest BCUT2D eigenvalue weighted by Gasteiger charge is -2.31. The normalized spacial score (nSPS) is 17.4. The van der Waals surface area contributed by atoms with Crippen LogP contribution in [-0.4, -0.2) is 0 Å². The van der Waals surface area contributed by atoms with Crippen LogP contribution >= 0.6 is 15.9 Å². The summed E-state index contributed by atoms with van der Waals surface area (Å²) in [4.78, 5) is 0. The van der Waals surface area contributed by atoms with Gasteiger partial charge in [0, 0.05) is 4.47 Å². The highest BCUT2D eigenvalue weighted by Crippen LogP contribution is 2.43. The molecule has 128 valence electrons. The van der Waals surface area contributed by atoms with E-state index in [9.17, 15) is 26.3 Å². The van der Waals surface area contributed by atoms with E-state index in [-0.39, 0.29) is 24.0 Å². The zero-order valence-corrected chi connectivity index (χ0v) is 13.7. The third-order valence-electron chi connectivity index (χ3n) is 4.17. The van der Waals surface area contributed by atoms with E-state index >= 15 is 0 Å². The Kier molecular flexibility index (Phi) is 4.18. The first-order chi connectivity index (χ1) is 11.1. The summed E-state index contributed by atoms with van der Waals surface area (Å²) in [7, 11) is 0. The molecule has 0 fully saturated rings. The molecule has 0 spiro atoms. The minimum absolute atomic E-state index is 0.0489. The fourth-order valence-electron chi connectivity index (χ4n) is 3.00. The second-order valence-corrected chi connectivity index (χ2v) is 6.68. The molecule has 0 bridgehead atoms. The maximum absolute atomic E-state index is 12.9. The zero-order valence-electron chi connectivity index (χ0n) is 12.1. The van der Waals surface area contributed by atoms with E-state index < -0.39 is 23.5 Å². The van der Waals surface area contributed by atoms with Gasteiger partial charge in [0.2, 0.25) is 0 Å². The van der Waals surface area contributed by atoms with Crippen molar-refractivity contribution < 1.29 is 26.3 Å². The molecule has 24 heavy (non-hydrogen) atoms. The molecule has 7 heteroatoms. The highest BCUT2D eigenvalue weighted by molar-refractivity contribution is 9.10. The Morgan fingerprint density at radius 1 is 0.917 bits per heavy atom. The fraction of sp³-hybridized carbons (Fsp3) is 0.294. The van der Waals surface area contributed by atoms with Gasteiger partial charge in [-0.05, 0) is 59.7 Å². The number of halogens is 7. The Hall–Kier alpha value is -1.50. The lowest BCUT2D eigenvalue weighted by Crippen LogP contribution is -2.20. The first-order valence-corrected chi connectivity index (χ1v) is 7.90. The van der Waals surface area contributed by atoms with Crippen molar-refractivity contribution in [1.82, 2.24) is 0 Å². The topological polar surface area (TPSA) is 0 Å². The lowest BCUT2D eigenvalue weighted by molar-refractivity contribution is -0.143. The molecule has 1 unspecified atom stereocenters. The molecule has 2 aromatic carbocycles. The van der Waals surface area contributed by atoms with Gasteiger partial charge in [-0.1, -0.05) is 28.1 Å². The summed E-state index contributed by atoms with van der Waals surface area (Å²) in [5.41, 5.74) is -0.448. The number of rotatable bonds is 2. The maximum atomic E-state index is 12.9. The molecule has 1 atom stereocenters.